The van der Waals surface area contributed by atoms with E-state index in [1.54, 1.807) is 0 Å². The molecule has 0 aromatic rings. The van der Waals surface area contributed by atoms with E-state index >= 15 is 0 Å². The Balaban J connectivity index is 3.05. The Morgan fingerprint density at radius 1 is 0.385 bits per heavy atom. The Morgan fingerprint density at radius 3 is 0.795 bits per heavy atom. The van der Waals surface area contributed by atoms with Gasteiger partial charge in [-0.25, -0.2) is 0 Å². The van der Waals surface area contributed by atoms with Gasteiger partial charge in [0, 0.05) is 17.8 Å². The molecule has 236 valence electrons. The van der Waals surface area contributed by atoms with Crippen LogP contribution in [0, 0.1) is 0 Å². The fourth-order valence-electron chi connectivity index (χ4n) is 5.48. The molecular weight excluding hydrogens is 521 g/mol. The summed E-state index contributed by atoms with van der Waals surface area (Å²) in [4.78, 5) is 0. The van der Waals surface area contributed by atoms with Gasteiger partial charge in [-0.2, -0.15) is 12.0 Å². The van der Waals surface area contributed by atoms with E-state index in [9.17, 15) is 8.42 Å². The second-order valence-corrected chi connectivity index (χ2v) is 14.8. The van der Waals surface area contributed by atoms with Crippen LogP contribution >= 0.6 is 12.0 Å². The molecule has 0 aromatic heterocycles. The predicted octanol–water partition coefficient (Wildman–Crippen LogP) is 12.7. The fraction of sp³-hybridized carbons (Fsp3) is 1.00. The summed E-state index contributed by atoms with van der Waals surface area (Å²) in [5, 5.41) is 0. The lowest BCUT2D eigenvalue weighted by Crippen LogP contribution is -1.96. The largest absolute Gasteiger partial charge is 0.275 e. The van der Waals surface area contributed by atoms with Crippen molar-refractivity contribution >= 4 is 22.2 Å². The van der Waals surface area contributed by atoms with E-state index < -0.39 is 10.1 Å². The van der Waals surface area contributed by atoms with E-state index in [-0.39, 0.29) is 0 Å². The van der Waals surface area contributed by atoms with Gasteiger partial charge in [-0.1, -0.05) is 200 Å². The minimum atomic E-state index is -3.29. The lowest BCUT2D eigenvalue weighted by molar-refractivity contribution is 0.512. The zero-order valence-electron chi connectivity index (χ0n) is 26.7. The Kier molecular flexibility index (Phi) is 33.0. The molecular formula is C34H70O3S2. The first-order valence-corrected chi connectivity index (χ1v) is 20.3. The van der Waals surface area contributed by atoms with Crippen LogP contribution in [0.3, 0.4) is 0 Å². The molecule has 0 rings (SSSR count). The molecule has 0 amide bonds. The predicted molar refractivity (Wildman–Crippen MR) is 177 cm³/mol. The van der Waals surface area contributed by atoms with Crippen LogP contribution in [0.1, 0.15) is 206 Å². The van der Waals surface area contributed by atoms with Gasteiger partial charge in [0.2, 0.25) is 0 Å². The van der Waals surface area contributed by atoms with E-state index in [0.29, 0.717) is 0 Å². The molecule has 0 spiro atoms. The first-order valence-electron chi connectivity index (χ1n) is 17.6. The van der Waals surface area contributed by atoms with Crippen LogP contribution in [0.25, 0.3) is 0 Å². The minimum Gasteiger partial charge on any atom is -0.199 e. The summed E-state index contributed by atoms with van der Waals surface area (Å²) in [6.07, 6.45) is 45.0. The Labute approximate surface area is 251 Å². The van der Waals surface area contributed by atoms with Crippen LogP contribution in [0.5, 0.6) is 0 Å². The van der Waals surface area contributed by atoms with Gasteiger partial charge in [-0.15, -0.1) is 0 Å². The number of rotatable bonds is 34. The second kappa shape index (κ2) is 32.8. The SMILES string of the molecule is CCCCCCCCCCCCCCCCCCCCCCCCCCCCCCCCCSOS(C)(=O)=O. The Bertz CT molecular complexity index is 551. The molecule has 0 bridgehead atoms. The topological polar surface area (TPSA) is 43.4 Å². The van der Waals surface area contributed by atoms with E-state index in [0.717, 1.165) is 30.5 Å². The molecule has 0 heterocycles. The molecule has 0 unspecified atom stereocenters. The maximum Gasteiger partial charge on any atom is 0.275 e. The highest BCUT2D eigenvalue weighted by atomic mass is 32.3. The van der Waals surface area contributed by atoms with Gasteiger partial charge in [-0.3, -0.25) is 0 Å². The summed E-state index contributed by atoms with van der Waals surface area (Å²) in [6, 6.07) is 0. The molecule has 0 aromatic carbocycles. The molecule has 0 atom stereocenters. The molecule has 0 aliphatic carbocycles. The van der Waals surface area contributed by atoms with Gasteiger partial charge in [0.15, 0.2) is 0 Å². The van der Waals surface area contributed by atoms with E-state index in [1.807, 2.05) is 0 Å². The maximum absolute atomic E-state index is 10.9. The van der Waals surface area contributed by atoms with Crippen molar-refractivity contribution in [3.8, 4) is 0 Å². The summed E-state index contributed by atoms with van der Waals surface area (Å²) < 4.78 is 26.4. The molecule has 0 fully saturated rings. The highest BCUT2D eigenvalue weighted by Crippen LogP contribution is 2.17. The summed E-state index contributed by atoms with van der Waals surface area (Å²) in [6.45, 7) is 2.30. The summed E-state index contributed by atoms with van der Waals surface area (Å²) in [7, 11) is -3.29. The number of hydrogen-bond acceptors (Lipinski definition) is 4. The third kappa shape index (κ3) is 38.3. The first-order chi connectivity index (χ1) is 19.1. The average molecular weight is 591 g/mol. The lowest BCUT2D eigenvalue weighted by atomic mass is 10.0. The third-order valence-corrected chi connectivity index (χ3v) is 9.83. The monoisotopic (exact) mass is 590 g/mol. The molecule has 3 nitrogen and oxygen atoms in total. The van der Waals surface area contributed by atoms with Crippen molar-refractivity contribution in [2.75, 3.05) is 12.0 Å². The average Bonchev–Trinajstić information content (AvgIpc) is 2.90. The van der Waals surface area contributed by atoms with Gasteiger partial charge < -0.3 is 0 Å². The van der Waals surface area contributed by atoms with Crippen molar-refractivity contribution in [2.24, 2.45) is 0 Å². The Morgan fingerprint density at radius 2 is 0.590 bits per heavy atom. The third-order valence-electron chi connectivity index (χ3n) is 8.00. The Hall–Kier alpha value is 0.260. The van der Waals surface area contributed by atoms with Gasteiger partial charge in [0.25, 0.3) is 10.1 Å². The van der Waals surface area contributed by atoms with Crippen LogP contribution in [0.15, 0.2) is 0 Å². The second-order valence-electron chi connectivity index (χ2n) is 12.2. The van der Waals surface area contributed by atoms with Crippen molar-refractivity contribution in [2.45, 2.75) is 206 Å². The summed E-state index contributed by atoms with van der Waals surface area (Å²) >= 11 is 1.07. The van der Waals surface area contributed by atoms with Crippen molar-refractivity contribution in [3.63, 3.8) is 0 Å². The van der Waals surface area contributed by atoms with Crippen molar-refractivity contribution in [1.82, 2.24) is 0 Å². The quantitative estimate of drug-likeness (QED) is 0.0552. The normalized spacial score (nSPS) is 11.9. The zero-order chi connectivity index (χ0) is 28.5. The maximum atomic E-state index is 10.9. The molecule has 0 radical (unpaired) electrons. The molecule has 0 N–H and O–H groups in total. The summed E-state index contributed by atoms with van der Waals surface area (Å²) in [5.41, 5.74) is 0. The molecule has 5 heteroatoms. The fourth-order valence-corrected chi connectivity index (χ4v) is 6.78. The van der Waals surface area contributed by atoms with Crippen molar-refractivity contribution < 1.29 is 12.0 Å². The molecule has 0 saturated heterocycles. The van der Waals surface area contributed by atoms with Gasteiger partial charge in [-0.05, 0) is 6.42 Å². The summed E-state index contributed by atoms with van der Waals surface area (Å²) in [5.74, 6) is 0.770. The standard InChI is InChI=1S/C34H70O3S2/c1-3-4-5-6-7-8-9-10-11-12-13-14-15-16-17-18-19-20-21-22-23-24-25-26-27-28-29-30-31-32-33-34-38-37-39(2,35)36/h3-34H2,1-2H3. The van der Waals surface area contributed by atoms with Crippen molar-refractivity contribution in [3.05, 3.63) is 0 Å². The van der Waals surface area contributed by atoms with Gasteiger partial charge >= 0.3 is 0 Å². The zero-order valence-corrected chi connectivity index (χ0v) is 28.3. The number of hydrogen-bond donors (Lipinski definition) is 0. The first kappa shape index (κ1) is 39.3. The van der Waals surface area contributed by atoms with E-state index in [4.69, 9.17) is 0 Å². The molecule has 0 aliphatic rings. The molecule has 39 heavy (non-hydrogen) atoms. The van der Waals surface area contributed by atoms with Crippen LogP contribution in [-0.4, -0.2) is 20.4 Å². The molecule has 0 saturated carbocycles. The van der Waals surface area contributed by atoms with Crippen LogP contribution < -0.4 is 0 Å². The van der Waals surface area contributed by atoms with Crippen LogP contribution in [0.2, 0.25) is 0 Å². The molecule has 0 aliphatic heterocycles. The van der Waals surface area contributed by atoms with Crippen molar-refractivity contribution in [1.29, 1.82) is 0 Å². The lowest BCUT2D eigenvalue weighted by Gasteiger charge is -2.05. The van der Waals surface area contributed by atoms with Crippen LogP contribution in [-0.2, 0) is 13.7 Å². The minimum absolute atomic E-state index is 0.770. The highest BCUT2D eigenvalue weighted by molar-refractivity contribution is 8.04. The highest BCUT2D eigenvalue weighted by Gasteiger charge is 2.02. The van der Waals surface area contributed by atoms with E-state index in [1.165, 1.54) is 193 Å². The van der Waals surface area contributed by atoms with Gasteiger partial charge in [0.05, 0.1) is 6.26 Å². The van der Waals surface area contributed by atoms with Crippen LogP contribution in [0.4, 0.5) is 0 Å². The number of unbranched alkanes of at least 4 members (excludes halogenated alkanes) is 30. The van der Waals surface area contributed by atoms with Gasteiger partial charge in [0.1, 0.15) is 0 Å². The smallest absolute Gasteiger partial charge is 0.199 e. The van der Waals surface area contributed by atoms with E-state index in [2.05, 4.69) is 10.6 Å².